The van der Waals surface area contributed by atoms with Gasteiger partial charge < -0.3 is 5.32 Å². The topological polar surface area (TPSA) is 12.0 Å². The first kappa shape index (κ1) is 12.7. The van der Waals surface area contributed by atoms with Gasteiger partial charge in [-0.2, -0.15) is 0 Å². The normalized spacial score (nSPS) is 8.42. The number of benzene rings is 1. The number of thiocarbonyl (C=S) groups is 1. The molecule has 0 aliphatic heterocycles. The molecule has 1 nitrogen and oxygen atoms in total. The van der Waals surface area contributed by atoms with E-state index < -0.39 is 0 Å². The van der Waals surface area contributed by atoms with Gasteiger partial charge in [0.1, 0.15) is 4.32 Å². The maximum atomic E-state index is 4.75. The third-order valence-corrected chi connectivity index (χ3v) is 1.59. The van der Waals surface area contributed by atoms with Crippen molar-refractivity contribution in [3.63, 3.8) is 0 Å². The van der Waals surface area contributed by atoms with E-state index in [9.17, 15) is 0 Å². The molecule has 4 heteroatoms. The summed E-state index contributed by atoms with van der Waals surface area (Å²) >= 11 is 8.70. The summed E-state index contributed by atoms with van der Waals surface area (Å²) in [4.78, 5) is 0. The molecule has 0 aliphatic rings. The molecule has 0 fully saturated rings. The molecule has 0 saturated heterocycles. The van der Waals surface area contributed by atoms with Crippen LogP contribution in [0.15, 0.2) is 30.3 Å². The zero-order valence-corrected chi connectivity index (χ0v) is 7.66. The molecule has 12 heavy (non-hydrogen) atoms. The molecule has 0 amide bonds. The van der Waals surface area contributed by atoms with Crippen LogP contribution in [0.25, 0.3) is 0 Å². The average Bonchev–Trinajstić information content (AvgIpc) is 2.03. The minimum absolute atomic E-state index is 0. The standard InChI is InChI=1S/C8H9NS2.Ca.2H/c10-8(11)9-6-7-4-2-1-3-5-7;;;/h1-5H,6H2,(H2,9,10,11);;;. The van der Waals surface area contributed by atoms with Crippen LogP contribution in [0.1, 0.15) is 5.56 Å². The van der Waals surface area contributed by atoms with Gasteiger partial charge in [-0.05, 0) is 5.56 Å². The summed E-state index contributed by atoms with van der Waals surface area (Å²) in [6, 6.07) is 10.1. The monoisotopic (exact) mass is 225 g/mol. The van der Waals surface area contributed by atoms with Gasteiger partial charge in [-0.15, -0.1) is 12.6 Å². The Morgan fingerprint density at radius 1 is 1.33 bits per heavy atom. The van der Waals surface area contributed by atoms with E-state index in [4.69, 9.17) is 12.2 Å². The molecule has 1 rings (SSSR count). The molecule has 0 bridgehead atoms. The van der Waals surface area contributed by atoms with Gasteiger partial charge in [0.2, 0.25) is 0 Å². The molecule has 0 saturated carbocycles. The summed E-state index contributed by atoms with van der Waals surface area (Å²) < 4.78 is 0.536. The van der Waals surface area contributed by atoms with Gasteiger partial charge in [-0.3, -0.25) is 0 Å². The van der Waals surface area contributed by atoms with Crippen molar-refractivity contribution in [2.24, 2.45) is 0 Å². The molecular weight excluding hydrogens is 214 g/mol. The Kier molecular flexibility index (Phi) is 7.58. The second-order valence-corrected chi connectivity index (χ2v) is 3.30. The average molecular weight is 225 g/mol. The quantitative estimate of drug-likeness (QED) is 0.444. The Morgan fingerprint density at radius 2 is 1.92 bits per heavy atom. The molecular formula is C8H11CaNS2. The molecule has 0 radical (unpaired) electrons. The minimum atomic E-state index is 0. The van der Waals surface area contributed by atoms with Crippen LogP contribution in [0, 0.1) is 0 Å². The van der Waals surface area contributed by atoms with Crippen molar-refractivity contribution in [1.82, 2.24) is 5.32 Å². The van der Waals surface area contributed by atoms with Crippen molar-refractivity contribution >= 4 is 66.9 Å². The van der Waals surface area contributed by atoms with Gasteiger partial charge in [0, 0.05) is 6.54 Å². The zero-order chi connectivity index (χ0) is 8.10. The predicted octanol–water partition coefficient (Wildman–Crippen LogP) is 1.07. The number of rotatable bonds is 2. The number of hydrogen-bond acceptors (Lipinski definition) is 1. The van der Waals surface area contributed by atoms with Crippen molar-refractivity contribution in [2.75, 3.05) is 0 Å². The first-order valence-corrected chi connectivity index (χ1v) is 4.15. The van der Waals surface area contributed by atoms with Gasteiger partial charge >= 0.3 is 37.7 Å². The van der Waals surface area contributed by atoms with Crippen LogP contribution in [0.2, 0.25) is 0 Å². The van der Waals surface area contributed by atoms with Crippen molar-refractivity contribution in [3.8, 4) is 0 Å². The molecule has 1 aromatic carbocycles. The Bertz CT molecular complexity index is 238. The number of hydrogen-bond donors (Lipinski definition) is 2. The fraction of sp³-hybridized carbons (Fsp3) is 0.125. The van der Waals surface area contributed by atoms with E-state index in [-0.39, 0.29) is 37.7 Å². The third-order valence-electron chi connectivity index (χ3n) is 1.29. The first-order valence-electron chi connectivity index (χ1n) is 3.30. The Labute approximate surface area is 113 Å². The molecule has 1 aromatic rings. The number of thiol groups is 1. The van der Waals surface area contributed by atoms with E-state index in [0.29, 0.717) is 4.32 Å². The molecule has 0 atom stereocenters. The van der Waals surface area contributed by atoms with E-state index in [2.05, 4.69) is 17.9 Å². The Balaban J connectivity index is 0.00000121. The molecule has 62 valence electrons. The van der Waals surface area contributed by atoms with E-state index in [1.807, 2.05) is 30.3 Å². The van der Waals surface area contributed by atoms with E-state index in [1.54, 1.807) is 0 Å². The summed E-state index contributed by atoms with van der Waals surface area (Å²) in [6.07, 6.45) is 0. The van der Waals surface area contributed by atoms with Crippen molar-refractivity contribution in [3.05, 3.63) is 35.9 Å². The molecule has 0 unspecified atom stereocenters. The molecule has 0 aliphatic carbocycles. The summed E-state index contributed by atoms with van der Waals surface area (Å²) in [5, 5.41) is 2.96. The van der Waals surface area contributed by atoms with E-state index >= 15 is 0 Å². The fourth-order valence-electron chi connectivity index (χ4n) is 0.774. The van der Waals surface area contributed by atoms with Gasteiger partial charge in [0.05, 0.1) is 0 Å². The first-order chi connectivity index (χ1) is 5.29. The second kappa shape index (κ2) is 7.15. The molecule has 1 N–H and O–H groups in total. The van der Waals surface area contributed by atoms with E-state index in [1.165, 1.54) is 5.56 Å². The van der Waals surface area contributed by atoms with Crippen molar-refractivity contribution in [2.45, 2.75) is 6.54 Å². The van der Waals surface area contributed by atoms with Gasteiger partial charge in [0.15, 0.2) is 0 Å². The summed E-state index contributed by atoms with van der Waals surface area (Å²) in [6.45, 7) is 0.753. The molecule has 0 spiro atoms. The third kappa shape index (κ3) is 5.38. The van der Waals surface area contributed by atoms with Crippen LogP contribution in [0.4, 0.5) is 0 Å². The predicted molar refractivity (Wildman–Crippen MR) is 63.4 cm³/mol. The second-order valence-electron chi connectivity index (χ2n) is 2.14. The fourth-order valence-corrected chi connectivity index (χ4v) is 0.925. The van der Waals surface area contributed by atoms with Crippen LogP contribution >= 0.6 is 24.8 Å². The SMILES string of the molecule is S=C(S)NCc1ccccc1.[CaH2]. The van der Waals surface area contributed by atoms with Gasteiger partial charge in [-0.25, -0.2) is 0 Å². The van der Waals surface area contributed by atoms with Gasteiger partial charge in [-0.1, -0.05) is 42.5 Å². The van der Waals surface area contributed by atoms with Crippen LogP contribution in [0.5, 0.6) is 0 Å². The van der Waals surface area contributed by atoms with Crippen molar-refractivity contribution < 1.29 is 0 Å². The summed E-state index contributed by atoms with van der Waals surface area (Å²) in [5.74, 6) is 0. The zero-order valence-electron chi connectivity index (χ0n) is 5.95. The Morgan fingerprint density at radius 3 is 2.42 bits per heavy atom. The molecule has 0 aromatic heterocycles. The maximum absolute atomic E-state index is 4.75. The van der Waals surface area contributed by atoms with Crippen LogP contribution in [-0.2, 0) is 6.54 Å². The van der Waals surface area contributed by atoms with Crippen molar-refractivity contribution in [1.29, 1.82) is 0 Å². The van der Waals surface area contributed by atoms with Crippen LogP contribution in [0.3, 0.4) is 0 Å². The van der Waals surface area contributed by atoms with E-state index in [0.717, 1.165) is 6.54 Å². The number of nitrogens with one attached hydrogen (secondary N) is 1. The summed E-state index contributed by atoms with van der Waals surface area (Å²) in [5.41, 5.74) is 1.21. The van der Waals surface area contributed by atoms with Gasteiger partial charge in [0.25, 0.3) is 0 Å². The van der Waals surface area contributed by atoms with Crippen LogP contribution in [-0.4, -0.2) is 42.1 Å². The Hall–Kier alpha value is 0.720. The molecule has 0 heterocycles. The summed E-state index contributed by atoms with van der Waals surface area (Å²) in [7, 11) is 0. The van der Waals surface area contributed by atoms with Crippen LogP contribution < -0.4 is 5.32 Å².